The molecule has 0 radical (unpaired) electrons. The summed E-state index contributed by atoms with van der Waals surface area (Å²) < 4.78 is 43.2. The Hall–Kier alpha value is -1.15. The zero-order valence-corrected chi connectivity index (χ0v) is 17.2. The molecule has 2 N–H and O–H groups in total. The summed E-state index contributed by atoms with van der Waals surface area (Å²) in [5.41, 5.74) is -1.12. The summed E-state index contributed by atoms with van der Waals surface area (Å²) in [6.45, 7) is 2.06. The van der Waals surface area contributed by atoms with E-state index in [0.29, 0.717) is 33.4 Å². The van der Waals surface area contributed by atoms with Gasteiger partial charge in [0.2, 0.25) is 5.89 Å². The largest absolute Gasteiger partial charge is 0.447 e. The molecule has 154 valence electrons. The molecule has 0 amide bonds. The molecule has 1 aromatic carbocycles. The van der Waals surface area contributed by atoms with Gasteiger partial charge in [-0.25, -0.2) is 4.98 Å². The van der Waals surface area contributed by atoms with Crippen LogP contribution < -0.4 is 10.6 Å². The van der Waals surface area contributed by atoms with Crippen LogP contribution in [0.3, 0.4) is 0 Å². The van der Waals surface area contributed by atoms with E-state index >= 15 is 0 Å². The molecule has 1 unspecified atom stereocenters. The SMILES string of the molecule is CCCC(NCc1nc(C(F)(F)F)co1)(Nc1c(Cl)cc(Cl)cc1Cl)C1CC1. The van der Waals surface area contributed by atoms with Crippen molar-refractivity contribution in [1.29, 1.82) is 0 Å². The molecule has 0 saturated heterocycles. The number of alkyl halides is 3. The first kappa shape index (κ1) is 21.6. The predicted molar refractivity (Wildman–Crippen MR) is 104 cm³/mol. The maximum absolute atomic E-state index is 12.7. The number of nitrogens with one attached hydrogen (secondary N) is 2. The Bertz CT molecular complexity index is 816. The highest BCUT2D eigenvalue weighted by atomic mass is 35.5. The molecule has 1 heterocycles. The molecule has 28 heavy (non-hydrogen) atoms. The molecular weight excluding hydrogens is 438 g/mol. The van der Waals surface area contributed by atoms with Crippen molar-refractivity contribution in [3.05, 3.63) is 45.0 Å². The molecule has 0 bridgehead atoms. The highest BCUT2D eigenvalue weighted by molar-refractivity contribution is 6.41. The van der Waals surface area contributed by atoms with Crippen molar-refractivity contribution < 1.29 is 17.6 Å². The van der Waals surface area contributed by atoms with Crippen LogP contribution in [0.25, 0.3) is 0 Å². The second-order valence-electron chi connectivity index (χ2n) is 6.84. The first-order chi connectivity index (χ1) is 13.1. The summed E-state index contributed by atoms with van der Waals surface area (Å²) in [5.74, 6) is 0.232. The third-order valence-electron chi connectivity index (χ3n) is 4.67. The van der Waals surface area contributed by atoms with Crippen molar-refractivity contribution in [3.8, 4) is 0 Å². The van der Waals surface area contributed by atoms with Gasteiger partial charge in [0.15, 0.2) is 5.69 Å². The van der Waals surface area contributed by atoms with Gasteiger partial charge < -0.3 is 9.73 Å². The summed E-state index contributed by atoms with van der Waals surface area (Å²) >= 11 is 18.6. The molecule has 1 atom stereocenters. The molecule has 0 spiro atoms. The van der Waals surface area contributed by atoms with Crippen molar-refractivity contribution in [2.75, 3.05) is 5.32 Å². The van der Waals surface area contributed by atoms with Crippen molar-refractivity contribution in [3.63, 3.8) is 0 Å². The van der Waals surface area contributed by atoms with Crippen LogP contribution >= 0.6 is 34.8 Å². The molecule has 2 aromatic rings. The molecule has 1 saturated carbocycles. The van der Waals surface area contributed by atoms with Crippen LogP contribution in [0.15, 0.2) is 22.8 Å². The van der Waals surface area contributed by atoms with Gasteiger partial charge in [0, 0.05) is 5.02 Å². The van der Waals surface area contributed by atoms with E-state index in [0.717, 1.165) is 19.3 Å². The highest BCUT2D eigenvalue weighted by Crippen LogP contribution is 2.45. The standard InChI is InChI=1S/C18H19Cl3F3N3O/c1-2-5-17(10-3-4-10,27-16-12(20)6-11(19)7-13(16)21)25-8-15-26-14(9-28-15)18(22,23)24/h6-7,9-10,25,27H,2-5,8H2,1H3. The van der Waals surface area contributed by atoms with Crippen LogP contribution in [-0.4, -0.2) is 10.6 Å². The monoisotopic (exact) mass is 455 g/mol. The lowest BCUT2D eigenvalue weighted by Gasteiger charge is -2.37. The van der Waals surface area contributed by atoms with E-state index in [-0.39, 0.29) is 18.4 Å². The maximum atomic E-state index is 12.7. The topological polar surface area (TPSA) is 50.1 Å². The number of anilines is 1. The van der Waals surface area contributed by atoms with E-state index in [4.69, 9.17) is 39.2 Å². The molecule has 4 nitrogen and oxygen atoms in total. The number of benzene rings is 1. The Morgan fingerprint density at radius 3 is 2.32 bits per heavy atom. The second kappa shape index (κ2) is 8.30. The van der Waals surface area contributed by atoms with Crippen LogP contribution in [0.2, 0.25) is 15.1 Å². The molecule has 3 rings (SSSR count). The number of hydrogen-bond acceptors (Lipinski definition) is 4. The summed E-state index contributed by atoms with van der Waals surface area (Å²) in [7, 11) is 0. The lowest BCUT2D eigenvalue weighted by atomic mass is 9.97. The lowest BCUT2D eigenvalue weighted by molar-refractivity contribution is -0.141. The Balaban J connectivity index is 1.84. The zero-order valence-electron chi connectivity index (χ0n) is 15.0. The molecule has 1 aliphatic rings. The van der Waals surface area contributed by atoms with Gasteiger partial charge in [0.1, 0.15) is 6.26 Å². The summed E-state index contributed by atoms with van der Waals surface area (Å²) in [6, 6.07) is 3.18. The van der Waals surface area contributed by atoms with Gasteiger partial charge in [-0.1, -0.05) is 48.1 Å². The van der Waals surface area contributed by atoms with Crippen LogP contribution in [0.4, 0.5) is 18.9 Å². The van der Waals surface area contributed by atoms with Gasteiger partial charge >= 0.3 is 6.18 Å². The van der Waals surface area contributed by atoms with Gasteiger partial charge in [-0.2, -0.15) is 13.2 Å². The summed E-state index contributed by atoms with van der Waals surface area (Å²) in [4.78, 5) is 3.53. The molecular formula is C18H19Cl3F3N3O. The number of halogens is 6. The second-order valence-corrected chi connectivity index (χ2v) is 8.09. The smallest absolute Gasteiger partial charge is 0.436 e. The quantitative estimate of drug-likeness (QED) is 0.431. The molecule has 1 aromatic heterocycles. The molecule has 1 fully saturated rings. The van der Waals surface area contributed by atoms with Crippen molar-refractivity contribution >= 4 is 40.5 Å². The van der Waals surface area contributed by atoms with Crippen LogP contribution in [0, 0.1) is 5.92 Å². The lowest BCUT2D eigenvalue weighted by Crippen LogP contribution is -2.53. The number of oxazole rings is 1. The average molecular weight is 457 g/mol. The number of nitrogens with zero attached hydrogens (tertiary/aromatic N) is 1. The van der Waals surface area contributed by atoms with E-state index in [1.165, 1.54) is 0 Å². The van der Waals surface area contributed by atoms with Crippen LogP contribution in [0.5, 0.6) is 0 Å². The Morgan fingerprint density at radius 2 is 1.82 bits per heavy atom. The Labute approximate surface area is 175 Å². The van der Waals surface area contributed by atoms with E-state index in [9.17, 15) is 13.2 Å². The fourth-order valence-electron chi connectivity index (χ4n) is 3.26. The third kappa shape index (κ3) is 4.87. The minimum atomic E-state index is -4.54. The Kier molecular flexibility index (Phi) is 6.39. The number of rotatable bonds is 8. The first-order valence-electron chi connectivity index (χ1n) is 8.84. The van der Waals surface area contributed by atoms with Crippen molar-refractivity contribution in [1.82, 2.24) is 10.3 Å². The fraction of sp³-hybridized carbons (Fsp3) is 0.500. The minimum Gasteiger partial charge on any atom is -0.447 e. The first-order valence-corrected chi connectivity index (χ1v) is 9.97. The van der Waals surface area contributed by atoms with Crippen molar-refractivity contribution in [2.45, 2.75) is 51.0 Å². The van der Waals surface area contributed by atoms with E-state index < -0.39 is 17.5 Å². The molecule has 0 aliphatic heterocycles. The Morgan fingerprint density at radius 1 is 1.18 bits per heavy atom. The minimum absolute atomic E-state index is 0.0302. The maximum Gasteiger partial charge on any atom is 0.436 e. The van der Waals surface area contributed by atoms with Gasteiger partial charge in [0.25, 0.3) is 0 Å². The van der Waals surface area contributed by atoms with Crippen molar-refractivity contribution in [2.24, 2.45) is 5.92 Å². The highest BCUT2D eigenvalue weighted by Gasteiger charge is 2.45. The van der Waals surface area contributed by atoms with E-state index in [2.05, 4.69) is 15.6 Å². The molecule has 1 aliphatic carbocycles. The van der Waals surface area contributed by atoms with Gasteiger partial charge in [-0.05, 0) is 37.3 Å². The van der Waals surface area contributed by atoms with Gasteiger partial charge in [0.05, 0.1) is 27.9 Å². The predicted octanol–water partition coefficient (Wildman–Crippen LogP) is 6.76. The summed E-state index contributed by atoms with van der Waals surface area (Å²) in [5, 5.41) is 7.87. The van der Waals surface area contributed by atoms with Crippen LogP contribution in [-0.2, 0) is 12.7 Å². The molecule has 10 heteroatoms. The number of aromatic nitrogens is 1. The normalized spacial score (nSPS) is 16.8. The van der Waals surface area contributed by atoms with Gasteiger partial charge in [-0.15, -0.1) is 0 Å². The zero-order chi connectivity index (χ0) is 20.5. The average Bonchev–Trinajstić information content (AvgIpc) is 3.33. The fourth-order valence-corrected chi connectivity index (χ4v) is 4.17. The summed E-state index contributed by atoms with van der Waals surface area (Å²) in [6.07, 6.45) is -0.430. The third-order valence-corrected chi connectivity index (χ3v) is 5.49. The van der Waals surface area contributed by atoms with Crippen LogP contribution in [0.1, 0.15) is 44.2 Å². The van der Waals surface area contributed by atoms with E-state index in [1.54, 1.807) is 12.1 Å². The van der Waals surface area contributed by atoms with E-state index in [1.807, 2.05) is 6.92 Å². The number of hydrogen-bond donors (Lipinski definition) is 2. The van der Waals surface area contributed by atoms with Gasteiger partial charge in [-0.3, -0.25) is 5.32 Å².